The molecule has 0 saturated carbocycles. The molecule has 7 heteroatoms. The Morgan fingerprint density at radius 3 is 2.34 bits per heavy atom. The van der Waals surface area contributed by atoms with Crippen molar-refractivity contribution < 1.29 is 19.1 Å². The molecule has 0 aromatic heterocycles. The summed E-state index contributed by atoms with van der Waals surface area (Å²) in [5.41, 5.74) is 4.30. The van der Waals surface area contributed by atoms with Gasteiger partial charge >= 0.3 is 6.03 Å². The van der Waals surface area contributed by atoms with E-state index in [1.165, 1.54) is 14.2 Å². The van der Waals surface area contributed by atoms with Gasteiger partial charge in [0.2, 0.25) is 0 Å². The highest BCUT2D eigenvalue weighted by molar-refractivity contribution is 6.07. The summed E-state index contributed by atoms with van der Waals surface area (Å²) in [5.74, 6) is 0.672. The molecule has 1 aliphatic rings. The van der Waals surface area contributed by atoms with Gasteiger partial charge in [-0.1, -0.05) is 18.2 Å². The minimum absolute atomic E-state index is 0.310. The Bertz CT molecular complexity index is 977. The van der Waals surface area contributed by atoms with Gasteiger partial charge in [-0.25, -0.2) is 4.79 Å². The number of ether oxygens (including phenoxy) is 2. The fourth-order valence-electron chi connectivity index (χ4n) is 3.61. The maximum Gasteiger partial charge on any atom is 0.319 e. The molecule has 2 aromatic rings. The van der Waals surface area contributed by atoms with Crippen LogP contribution in [0.3, 0.4) is 0 Å². The number of methoxy groups -OCH3 is 2. The second-order valence-electron chi connectivity index (χ2n) is 6.98. The Kier molecular flexibility index (Phi) is 5.77. The summed E-state index contributed by atoms with van der Waals surface area (Å²) >= 11 is 0. The van der Waals surface area contributed by atoms with Crippen molar-refractivity contribution in [1.82, 2.24) is 10.6 Å². The number of benzene rings is 2. The van der Waals surface area contributed by atoms with Crippen LogP contribution in [0.25, 0.3) is 0 Å². The molecule has 3 N–H and O–H groups in total. The third kappa shape index (κ3) is 4.18. The van der Waals surface area contributed by atoms with Crippen molar-refractivity contribution in [3.8, 4) is 11.5 Å². The van der Waals surface area contributed by atoms with Gasteiger partial charge in [0.15, 0.2) is 11.5 Å². The van der Waals surface area contributed by atoms with E-state index in [2.05, 4.69) is 16.0 Å². The van der Waals surface area contributed by atoms with Crippen LogP contribution < -0.4 is 25.4 Å². The molecule has 3 rings (SSSR count). The number of amides is 3. The fraction of sp³-hybridized carbons (Fsp3) is 0.273. The highest BCUT2D eigenvalue weighted by Gasteiger charge is 2.33. The van der Waals surface area contributed by atoms with E-state index in [0.717, 1.165) is 11.1 Å². The number of para-hydroxylation sites is 1. The van der Waals surface area contributed by atoms with Crippen molar-refractivity contribution >= 4 is 17.6 Å². The van der Waals surface area contributed by atoms with Crippen molar-refractivity contribution in [3.63, 3.8) is 0 Å². The van der Waals surface area contributed by atoms with Crippen molar-refractivity contribution in [2.24, 2.45) is 0 Å². The highest BCUT2D eigenvalue weighted by Crippen LogP contribution is 2.39. The van der Waals surface area contributed by atoms with Crippen LogP contribution in [0, 0.1) is 13.8 Å². The lowest BCUT2D eigenvalue weighted by Gasteiger charge is -2.30. The molecule has 2 aromatic carbocycles. The van der Waals surface area contributed by atoms with Crippen LogP contribution >= 0.6 is 0 Å². The molecule has 0 unspecified atom stereocenters. The molecule has 3 amide bonds. The van der Waals surface area contributed by atoms with Crippen LogP contribution in [0.15, 0.2) is 47.7 Å². The number of rotatable bonds is 5. The molecule has 0 fully saturated rings. The smallest absolute Gasteiger partial charge is 0.319 e. The maximum atomic E-state index is 13.2. The first-order valence-corrected chi connectivity index (χ1v) is 9.23. The molecule has 0 spiro atoms. The number of urea groups is 1. The summed E-state index contributed by atoms with van der Waals surface area (Å²) in [5, 5.41) is 8.45. The summed E-state index contributed by atoms with van der Waals surface area (Å²) in [7, 11) is 3.06. The van der Waals surface area contributed by atoms with Gasteiger partial charge in [0.25, 0.3) is 5.91 Å². The van der Waals surface area contributed by atoms with Gasteiger partial charge in [-0.05, 0) is 50.1 Å². The molecule has 1 atom stereocenters. The number of carbonyl (C=O) groups excluding carboxylic acids is 2. The van der Waals surface area contributed by atoms with E-state index in [4.69, 9.17) is 9.47 Å². The van der Waals surface area contributed by atoms with Crippen molar-refractivity contribution in [3.05, 3.63) is 64.4 Å². The van der Waals surface area contributed by atoms with E-state index in [0.29, 0.717) is 34.0 Å². The number of aryl methyl sites for hydroxylation is 2. The Balaban J connectivity index is 2.04. The van der Waals surface area contributed by atoms with Crippen LogP contribution in [-0.2, 0) is 4.79 Å². The second-order valence-corrected chi connectivity index (χ2v) is 6.98. The minimum Gasteiger partial charge on any atom is -0.493 e. The molecular weight excluding hydrogens is 370 g/mol. The lowest BCUT2D eigenvalue weighted by atomic mass is 9.93. The van der Waals surface area contributed by atoms with Gasteiger partial charge in [-0.15, -0.1) is 0 Å². The Hall–Kier alpha value is -3.48. The van der Waals surface area contributed by atoms with E-state index < -0.39 is 6.04 Å². The zero-order valence-electron chi connectivity index (χ0n) is 17.2. The third-order valence-electron chi connectivity index (χ3n) is 4.74. The molecule has 0 bridgehead atoms. The Labute approximate surface area is 170 Å². The number of carbonyl (C=O) groups is 2. The van der Waals surface area contributed by atoms with Crippen LogP contribution in [0.5, 0.6) is 11.5 Å². The molecule has 0 radical (unpaired) electrons. The average molecular weight is 395 g/mol. The van der Waals surface area contributed by atoms with Gasteiger partial charge < -0.3 is 25.4 Å². The first-order chi connectivity index (χ1) is 13.8. The SMILES string of the molecule is COc1cccc([C@H]2NC(=O)NC(C)=C2C(=O)Nc2cc(C)cc(C)c2)c1OC. The van der Waals surface area contributed by atoms with Crippen molar-refractivity contribution in [2.45, 2.75) is 26.8 Å². The van der Waals surface area contributed by atoms with E-state index >= 15 is 0 Å². The zero-order chi connectivity index (χ0) is 21.1. The Morgan fingerprint density at radius 1 is 1.03 bits per heavy atom. The monoisotopic (exact) mass is 395 g/mol. The van der Waals surface area contributed by atoms with Gasteiger partial charge in [0.05, 0.1) is 25.8 Å². The number of hydrogen-bond acceptors (Lipinski definition) is 4. The van der Waals surface area contributed by atoms with Gasteiger partial charge in [-0.2, -0.15) is 0 Å². The molecule has 1 heterocycles. The van der Waals surface area contributed by atoms with Crippen molar-refractivity contribution in [1.29, 1.82) is 0 Å². The minimum atomic E-state index is -0.695. The van der Waals surface area contributed by atoms with Crippen LogP contribution in [0.1, 0.15) is 29.7 Å². The number of allylic oxidation sites excluding steroid dienone is 1. The maximum absolute atomic E-state index is 13.2. The predicted molar refractivity (Wildman–Crippen MR) is 111 cm³/mol. The molecule has 0 saturated heterocycles. The molecular formula is C22H25N3O4. The fourth-order valence-corrected chi connectivity index (χ4v) is 3.61. The van der Waals surface area contributed by atoms with Gasteiger partial charge in [0, 0.05) is 16.9 Å². The lowest BCUT2D eigenvalue weighted by molar-refractivity contribution is -0.113. The quantitative estimate of drug-likeness (QED) is 0.722. The summed E-state index contributed by atoms with van der Waals surface area (Å²) in [4.78, 5) is 25.4. The molecule has 1 aliphatic heterocycles. The second kappa shape index (κ2) is 8.26. The zero-order valence-corrected chi connectivity index (χ0v) is 17.2. The molecule has 0 aliphatic carbocycles. The number of hydrogen-bond donors (Lipinski definition) is 3. The lowest BCUT2D eigenvalue weighted by Crippen LogP contribution is -2.46. The van der Waals surface area contributed by atoms with Crippen LogP contribution in [0.2, 0.25) is 0 Å². The van der Waals surface area contributed by atoms with Crippen molar-refractivity contribution in [2.75, 3.05) is 19.5 Å². The molecule has 152 valence electrons. The molecule has 29 heavy (non-hydrogen) atoms. The predicted octanol–water partition coefficient (Wildman–Crippen LogP) is 3.59. The van der Waals surface area contributed by atoms with Crippen LogP contribution in [-0.4, -0.2) is 26.2 Å². The summed E-state index contributed by atoms with van der Waals surface area (Å²) < 4.78 is 10.9. The van der Waals surface area contributed by atoms with Gasteiger partial charge in [-0.3, -0.25) is 4.79 Å². The first kappa shape index (κ1) is 20.3. The number of anilines is 1. The summed E-state index contributed by atoms with van der Waals surface area (Å²) in [6.45, 7) is 5.65. The average Bonchev–Trinajstić information content (AvgIpc) is 2.65. The summed E-state index contributed by atoms with van der Waals surface area (Å²) in [6.07, 6.45) is 0. The normalized spacial score (nSPS) is 16.0. The van der Waals surface area contributed by atoms with E-state index in [1.54, 1.807) is 25.1 Å². The highest BCUT2D eigenvalue weighted by atomic mass is 16.5. The summed E-state index contributed by atoms with van der Waals surface area (Å²) in [6, 6.07) is 10.1. The van der Waals surface area contributed by atoms with E-state index in [9.17, 15) is 9.59 Å². The first-order valence-electron chi connectivity index (χ1n) is 9.23. The van der Waals surface area contributed by atoms with Crippen LogP contribution in [0.4, 0.5) is 10.5 Å². The topological polar surface area (TPSA) is 88.7 Å². The van der Waals surface area contributed by atoms with E-state index in [1.807, 2.05) is 32.0 Å². The largest absolute Gasteiger partial charge is 0.493 e. The third-order valence-corrected chi connectivity index (χ3v) is 4.74. The number of nitrogens with one attached hydrogen (secondary N) is 3. The van der Waals surface area contributed by atoms with E-state index in [-0.39, 0.29) is 11.9 Å². The van der Waals surface area contributed by atoms with Gasteiger partial charge in [0.1, 0.15) is 0 Å². The standard InChI is InChI=1S/C22H25N3O4/c1-12-9-13(2)11-15(10-12)24-21(26)18-14(3)23-22(27)25-19(18)16-7-6-8-17(28-4)20(16)29-5/h6-11,19H,1-5H3,(H,24,26)(H2,23,25,27)/t19-/m1/s1. The molecule has 7 nitrogen and oxygen atoms in total. The Morgan fingerprint density at radius 2 is 1.72 bits per heavy atom.